The molecule has 0 aromatic carbocycles. The number of aryl methyl sites for hydroxylation is 3. The van der Waals surface area contributed by atoms with Gasteiger partial charge in [-0.3, -0.25) is 19.3 Å². The average Bonchev–Trinajstić information content (AvgIpc) is 3.24. The van der Waals surface area contributed by atoms with Crippen LogP contribution in [0.3, 0.4) is 0 Å². The van der Waals surface area contributed by atoms with Crippen molar-refractivity contribution < 1.29 is 9.50 Å². The van der Waals surface area contributed by atoms with Crippen LogP contribution in [0.5, 0.6) is 0 Å². The predicted molar refractivity (Wildman–Crippen MR) is 139 cm³/mol. The van der Waals surface area contributed by atoms with E-state index in [4.69, 9.17) is 0 Å². The zero-order valence-electron chi connectivity index (χ0n) is 21.3. The number of aromatic nitrogens is 6. The van der Waals surface area contributed by atoms with E-state index in [2.05, 4.69) is 19.9 Å². The fourth-order valence-corrected chi connectivity index (χ4v) is 4.34. The van der Waals surface area contributed by atoms with Crippen molar-refractivity contribution in [2.24, 2.45) is 0 Å². The normalized spacial score (nSPS) is 11.9. The van der Waals surface area contributed by atoms with Crippen LogP contribution < -0.4 is 5.56 Å². The van der Waals surface area contributed by atoms with Crippen LogP contribution >= 0.6 is 0 Å². The summed E-state index contributed by atoms with van der Waals surface area (Å²) >= 11 is 0. The molecule has 0 unspecified atom stereocenters. The van der Waals surface area contributed by atoms with Gasteiger partial charge in [0.15, 0.2) is 5.82 Å². The highest BCUT2D eigenvalue weighted by atomic mass is 19.1. The Bertz CT molecular complexity index is 1710. The standard InChI is InChI=1S/C28H27FN6O2/c1-16-10-20(29)23(31-13-16)15-34-9-7-19-25(34)11-18(3)35(26(19)36)24-12-22(32-14-17(24)2)21-6-8-30-27(33-21)28(4,5)37/h6-14,37H,15H2,1-5H3. The van der Waals surface area contributed by atoms with Crippen LogP contribution in [0.15, 0.2) is 59.9 Å². The summed E-state index contributed by atoms with van der Waals surface area (Å²) in [6.07, 6.45) is 6.69. The van der Waals surface area contributed by atoms with Crippen molar-refractivity contribution in [2.45, 2.75) is 46.8 Å². The van der Waals surface area contributed by atoms with E-state index in [1.165, 1.54) is 6.07 Å². The third-order valence-corrected chi connectivity index (χ3v) is 6.29. The molecule has 188 valence electrons. The monoisotopic (exact) mass is 498 g/mol. The van der Waals surface area contributed by atoms with Crippen molar-refractivity contribution in [3.8, 4) is 17.1 Å². The van der Waals surface area contributed by atoms with E-state index < -0.39 is 5.60 Å². The number of hydrogen-bond donors (Lipinski definition) is 1. The van der Waals surface area contributed by atoms with Crippen molar-refractivity contribution in [3.63, 3.8) is 0 Å². The molecular weight excluding hydrogens is 471 g/mol. The number of hydrogen-bond acceptors (Lipinski definition) is 6. The molecule has 5 aromatic rings. The minimum atomic E-state index is -1.20. The van der Waals surface area contributed by atoms with E-state index in [1.54, 1.807) is 62.3 Å². The van der Waals surface area contributed by atoms with Crippen LogP contribution in [-0.4, -0.2) is 34.2 Å². The molecule has 0 atom stereocenters. The summed E-state index contributed by atoms with van der Waals surface area (Å²) in [6.45, 7) is 9.00. The second kappa shape index (κ2) is 9.01. The molecule has 37 heavy (non-hydrogen) atoms. The van der Waals surface area contributed by atoms with Crippen LogP contribution in [0, 0.1) is 26.6 Å². The minimum Gasteiger partial charge on any atom is -0.382 e. The fraction of sp³-hybridized carbons (Fsp3) is 0.250. The van der Waals surface area contributed by atoms with E-state index in [9.17, 15) is 14.3 Å². The molecular formula is C28H27FN6O2. The molecule has 0 saturated heterocycles. The van der Waals surface area contributed by atoms with Gasteiger partial charge >= 0.3 is 0 Å². The highest BCUT2D eigenvalue weighted by Crippen LogP contribution is 2.25. The molecule has 1 N–H and O–H groups in total. The smallest absolute Gasteiger partial charge is 0.264 e. The third-order valence-electron chi connectivity index (χ3n) is 6.29. The number of rotatable bonds is 5. The van der Waals surface area contributed by atoms with Gasteiger partial charge in [-0.25, -0.2) is 14.4 Å². The van der Waals surface area contributed by atoms with Crippen LogP contribution in [0.4, 0.5) is 4.39 Å². The SMILES string of the molecule is Cc1cnc(Cn2ccc3c(=O)n(-c4cc(-c5ccnc(C(C)(C)O)n5)ncc4C)c(C)cc32)c(F)c1. The lowest BCUT2D eigenvalue weighted by Crippen LogP contribution is -2.22. The molecule has 5 aromatic heterocycles. The number of aliphatic hydroxyl groups is 1. The van der Waals surface area contributed by atoms with E-state index in [-0.39, 0.29) is 23.7 Å². The lowest BCUT2D eigenvalue weighted by atomic mass is 10.1. The first-order valence-electron chi connectivity index (χ1n) is 11.9. The molecule has 0 fully saturated rings. The zero-order chi connectivity index (χ0) is 26.5. The molecule has 8 nitrogen and oxygen atoms in total. The molecule has 0 radical (unpaired) electrons. The molecule has 0 aliphatic carbocycles. The molecule has 0 aliphatic heterocycles. The molecule has 9 heteroatoms. The molecule has 0 spiro atoms. The first-order chi connectivity index (χ1) is 17.5. The van der Waals surface area contributed by atoms with Crippen LogP contribution in [-0.2, 0) is 12.1 Å². The maximum absolute atomic E-state index is 14.4. The van der Waals surface area contributed by atoms with Crippen LogP contribution in [0.2, 0.25) is 0 Å². The van der Waals surface area contributed by atoms with E-state index in [0.29, 0.717) is 33.7 Å². The highest BCUT2D eigenvalue weighted by Gasteiger charge is 2.21. The Morgan fingerprint density at radius 2 is 1.78 bits per heavy atom. The summed E-state index contributed by atoms with van der Waals surface area (Å²) in [6, 6.07) is 8.65. The van der Waals surface area contributed by atoms with Crippen LogP contribution in [0.1, 0.15) is 42.2 Å². The second-order valence-electron chi connectivity index (χ2n) is 9.79. The van der Waals surface area contributed by atoms with Crippen molar-refractivity contribution in [1.82, 2.24) is 29.1 Å². The molecule has 5 heterocycles. The fourth-order valence-electron chi connectivity index (χ4n) is 4.34. The van der Waals surface area contributed by atoms with Gasteiger partial charge in [-0.2, -0.15) is 0 Å². The Kier molecular flexibility index (Phi) is 5.95. The Hall–Kier alpha value is -4.24. The Labute approximate surface area is 213 Å². The lowest BCUT2D eigenvalue weighted by Gasteiger charge is -2.17. The topological polar surface area (TPSA) is 98.7 Å². The minimum absolute atomic E-state index is 0.189. The maximum atomic E-state index is 14.4. The van der Waals surface area contributed by atoms with Gasteiger partial charge in [-0.05, 0) is 76.1 Å². The molecule has 0 saturated carbocycles. The number of fused-ring (bicyclic) bond motifs is 1. The van der Waals surface area contributed by atoms with Gasteiger partial charge in [-0.1, -0.05) is 0 Å². The summed E-state index contributed by atoms with van der Waals surface area (Å²) in [5.74, 6) is -0.0890. The van der Waals surface area contributed by atoms with Gasteiger partial charge in [0.2, 0.25) is 0 Å². The Morgan fingerprint density at radius 3 is 2.51 bits per heavy atom. The molecule has 0 bridgehead atoms. The Morgan fingerprint density at radius 1 is 1.00 bits per heavy atom. The third kappa shape index (κ3) is 4.53. The Balaban J connectivity index is 1.60. The number of pyridine rings is 3. The summed E-state index contributed by atoms with van der Waals surface area (Å²) in [5, 5.41) is 10.8. The number of halogens is 1. The van der Waals surface area contributed by atoms with Gasteiger partial charge in [-0.15, -0.1) is 0 Å². The quantitative estimate of drug-likeness (QED) is 0.386. The predicted octanol–water partition coefficient (Wildman–Crippen LogP) is 4.38. The van der Waals surface area contributed by atoms with E-state index in [0.717, 1.165) is 16.8 Å². The first kappa shape index (κ1) is 24.5. The maximum Gasteiger partial charge on any atom is 0.264 e. The lowest BCUT2D eigenvalue weighted by molar-refractivity contribution is 0.0688. The second-order valence-corrected chi connectivity index (χ2v) is 9.79. The summed E-state index contributed by atoms with van der Waals surface area (Å²) in [7, 11) is 0. The molecule has 0 amide bonds. The van der Waals surface area contributed by atoms with Gasteiger partial charge < -0.3 is 9.67 Å². The van der Waals surface area contributed by atoms with Crippen LogP contribution in [0.25, 0.3) is 28.0 Å². The largest absolute Gasteiger partial charge is 0.382 e. The van der Waals surface area contributed by atoms with E-state index >= 15 is 0 Å². The average molecular weight is 499 g/mol. The highest BCUT2D eigenvalue weighted by molar-refractivity contribution is 5.80. The van der Waals surface area contributed by atoms with Crippen molar-refractivity contribution >= 4 is 10.9 Å². The summed E-state index contributed by atoms with van der Waals surface area (Å²) < 4.78 is 17.9. The van der Waals surface area contributed by atoms with Crippen molar-refractivity contribution in [2.75, 3.05) is 0 Å². The first-order valence-corrected chi connectivity index (χ1v) is 11.9. The van der Waals surface area contributed by atoms with Gasteiger partial charge in [0, 0.05) is 30.5 Å². The number of nitrogens with zero attached hydrogens (tertiary/aromatic N) is 6. The molecule has 0 aliphatic rings. The van der Waals surface area contributed by atoms with Gasteiger partial charge in [0.05, 0.1) is 40.2 Å². The zero-order valence-corrected chi connectivity index (χ0v) is 21.3. The van der Waals surface area contributed by atoms with Gasteiger partial charge in [0.1, 0.15) is 11.4 Å². The van der Waals surface area contributed by atoms with Gasteiger partial charge in [0.25, 0.3) is 5.56 Å². The molecule has 5 rings (SSSR count). The van der Waals surface area contributed by atoms with E-state index in [1.807, 2.05) is 30.5 Å². The van der Waals surface area contributed by atoms with Crippen molar-refractivity contribution in [1.29, 1.82) is 0 Å². The summed E-state index contributed by atoms with van der Waals surface area (Å²) in [4.78, 5) is 31.1. The summed E-state index contributed by atoms with van der Waals surface area (Å²) in [5.41, 5.74) is 3.69. The van der Waals surface area contributed by atoms with Crippen molar-refractivity contribution in [3.05, 3.63) is 99.6 Å².